The van der Waals surface area contributed by atoms with Crippen LogP contribution in [0.3, 0.4) is 0 Å². The number of alkyl halides is 1. The van der Waals surface area contributed by atoms with Gasteiger partial charge in [-0.2, -0.15) is 0 Å². The minimum atomic E-state index is 0.827. The average molecular weight is 285 g/mol. The van der Waals surface area contributed by atoms with Gasteiger partial charge in [-0.05, 0) is 32.1 Å². The first kappa shape index (κ1) is 18.8. The van der Waals surface area contributed by atoms with Gasteiger partial charge in [0.2, 0.25) is 0 Å². The van der Waals surface area contributed by atoms with Crippen molar-refractivity contribution in [3.8, 4) is 0 Å². The molecule has 0 unspecified atom stereocenters. The first-order valence-electron chi connectivity index (χ1n) is 8.29. The predicted molar refractivity (Wildman–Crippen MR) is 90.1 cm³/mol. The second-order valence-electron chi connectivity index (χ2n) is 5.30. The number of hydrogen-bond acceptors (Lipinski definition) is 0. The largest absolute Gasteiger partial charge is 0.127 e. The van der Waals surface area contributed by atoms with E-state index in [9.17, 15) is 0 Å². The van der Waals surface area contributed by atoms with Crippen LogP contribution in [0.1, 0.15) is 84.0 Å². The van der Waals surface area contributed by atoms with Crippen LogP contribution in [0.5, 0.6) is 0 Å². The highest BCUT2D eigenvalue weighted by Gasteiger charge is 1.89. The average Bonchev–Trinajstić information content (AvgIpc) is 2.43. The summed E-state index contributed by atoms with van der Waals surface area (Å²) in [5, 5.41) is 0. The summed E-state index contributed by atoms with van der Waals surface area (Å²) in [6, 6.07) is 0. The summed E-state index contributed by atoms with van der Waals surface area (Å²) in [4.78, 5) is 0. The normalized spacial score (nSPS) is 11.9. The lowest BCUT2D eigenvalue weighted by atomic mass is 10.1. The summed E-state index contributed by atoms with van der Waals surface area (Å²) in [7, 11) is 0. The van der Waals surface area contributed by atoms with Crippen molar-refractivity contribution in [3.05, 3.63) is 24.3 Å². The minimum Gasteiger partial charge on any atom is -0.127 e. The Kier molecular flexibility index (Phi) is 17.6. The Labute approximate surface area is 126 Å². The maximum Gasteiger partial charge on any atom is 0.0223 e. The Morgan fingerprint density at radius 2 is 1.11 bits per heavy atom. The van der Waals surface area contributed by atoms with E-state index in [2.05, 4.69) is 31.2 Å². The van der Waals surface area contributed by atoms with E-state index in [-0.39, 0.29) is 0 Å². The van der Waals surface area contributed by atoms with E-state index in [1.165, 1.54) is 77.0 Å². The summed E-state index contributed by atoms with van der Waals surface area (Å²) in [6.45, 7) is 2.26. The smallest absolute Gasteiger partial charge is 0.0223 e. The predicted octanol–water partition coefficient (Wildman–Crippen LogP) is 7.04. The van der Waals surface area contributed by atoms with E-state index in [0.717, 1.165) is 5.88 Å². The van der Waals surface area contributed by atoms with Crippen LogP contribution in [0, 0.1) is 0 Å². The van der Waals surface area contributed by atoms with Crippen molar-refractivity contribution < 1.29 is 0 Å². The standard InChI is InChI=1S/C18H33Cl/c1-2-3-4-5-6-7-8-9-10-11-12-13-14-15-16-17-18-19/h7-10H,2-6,11-18H2,1H3. The lowest BCUT2D eigenvalue weighted by Gasteiger charge is -1.98. The molecule has 0 atom stereocenters. The number of allylic oxidation sites excluding steroid dienone is 4. The van der Waals surface area contributed by atoms with Crippen molar-refractivity contribution in [2.24, 2.45) is 0 Å². The summed E-state index contributed by atoms with van der Waals surface area (Å²) in [5.74, 6) is 0.827. The molecule has 112 valence electrons. The molecule has 0 saturated heterocycles. The fraction of sp³-hybridized carbons (Fsp3) is 0.778. The number of hydrogen-bond donors (Lipinski definition) is 0. The molecule has 0 nitrogen and oxygen atoms in total. The van der Waals surface area contributed by atoms with Crippen molar-refractivity contribution in [1.29, 1.82) is 0 Å². The maximum atomic E-state index is 5.64. The molecule has 0 aromatic rings. The lowest BCUT2D eigenvalue weighted by molar-refractivity contribution is 0.612. The summed E-state index contributed by atoms with van der Waals surface area (Å²) in [5.41, 5.74) is 0. The van der Waals surface area contributed by atoms with Crippen molar-refractivity contribution in [1.82, 2.24) is 0 Å². The summed E-state index contributed by atoms with van der Waals surface area (Å²) >= 11 is 5.64. The van der Waals surface area contributed by atoms with Gasteiger partial charge >= 0.3 is 0 Å². The molecular weight excluding hydrogens is 252 g/mol. The molecule has 19 heavy (non-hydrogen) atoms. The van der Waals surface area contributed by atoms with Crippen molar-refractivity contribution >= 4 is 11.6 Å². The van der Waals surface area contributed by atoms with Gasteiger partial charge in [-0.25, -0.2) is 0 Å². The Morgan fingerprint density at radius 3 is 1.63 bits per heavy atom. The molecule has 0 bridgehead atoms. The van der Waals surface area contributed by atoms with Gasteiger partial charge < -0.3 is 0 Å². The summed E-state index contributed by atoms with van der Waals surface area (Å²) in [6.07, 6.45) is 24.9. The third kappa shape index (κ3) is 17.8. The molecule has 0 aliphatic rings. The van der Waals surface area contributed by atoms with Crippen molar-refractivity contribution in [2.45, 2.75) is 84.0 Å². The zero-order valence-corrected chi connectivity index (χ0v) is 13.6. The van der Waals surface area contributed by atoms with Crippen LogP contribution in [0.15, 0.2) is 24.3 Å². The van der Waals surface area contributed by atoms with Crippen LogP contribution in [0.4, 0.5) is 0 Å². The molecule has 0 saturated carbocycles. The second kappa shape index (κ2) is 17.8. The quantitative estimate of drug-likeness (QED) is 0.182. The zero-order chi connectivity index (χ0) is 14.0. The maximum absolute atomic E-state index is 5.64. The van der Waals surface area contributed by atoms with E-state index in [1.807, 2.05) is 0 Å². The first-order chi connectivity index (χ1) is 9.41. The van der Waals surface area contributed by atoms with Crippen LogP contribution in [-0.2, 0) is 0 Å². The highest BCUT2D eigenvalue weighted by molar-refractivity contribution is 6.17. The van der Waals surface area contributed by atoms with Gasteiger partial charge in [-0.1, -0.05) is 76.2 Å². The van der Waals surface area contributed by atoms with E-state index >= 15 is 0 Å². The van der Waals surface area contributed by atoms with Gasteiger partial charge in [-0.3, -0.25) is 0 Å². The minimum absolute atomic E-state index is 0.827. The highest BCUT2D eigenvalue weighted by atomic mass is 35.5. The van der Waals surface area contributed by atoms with Gasteiger partial charge in [0.1, 0.15) is 0 Å². The molecule has 0 fully saturated rings. The fourth-order valence-corrected chi connectivity index (χ4v) is 2.29. The zero-order valence-electron chi connectivity index (χ0n) is 12.9. The van der Waals surface area contributed by atoms with Crippen molar-refractivity contribution in [2.75, 3.05) is 5.88 Å². The van der Waals surface area contributed by atoms with Gasteiger partial charge in [-0.15, -0.1) is 11.6 Å². The van der Waals surface area contributed by atoms with Gasteiger partial charge in [0.25, 0.3) is 0 Å². The third-order valence-corrected chi connectivity index (χ3v) is 3.63. The SMILES string of the molecule is CCCCCCC=CC=CCCCCCCCCCl. The van der Waals surface area contributed by atoms with E-state index in [0.29, 0.717) is 0 Å². The Balaban J connectivity index is 3.14. The van der Waals surface area contributed by atoms with E-state index < -0.39 is 0 Å². The molecule has 0 N–H and O–H groups in total. The monoisotopic (exact) mass is 284 g/mol. The molecule has 0 amide bonds. The molecule has 0 heterocycles. The molecule has 0 aromatic carbocycles. The second-order valence-corrected chi connectivity index (χ2v) is 5.68. The van der Waals surface area contributed by atoms with Gasteiger partial charge in [0.05, 0.1) is 0 Å². The fourth-order valence-electron chi connectivity index (χ4n) is 2.10. The van der Waals surface area contributed by atoms with E-state index in [4.69, 9.17) is 11.6 Å². The molecule has 0 aliphatic carbocycles. The van der Waals surface area contributed by atoms with Crippen LogP contribution < -0.4 is 0 Å². The number of halogens is 1. The van der Waals surface area contributed by atoms with Crippen LogP contribution >= 0.6 is 11.6 Å². The first-order valence-corrected chi connectivity index (χ1v) is 8.83. The summed E-state index contributed by atoms with van der Waals surface area (Å²) < 4.78 is 0. The molecule has 0 radical (unpaired) electrons. The van der Waals surface area contributed by atoms with Gasteiger partial charge in [0, 0.05) is 5.88 Å². The molecule has 0 aliphatic heterocycles. The molecule has 1 heteroatoms. The Bertz CT molecular complexity index is 206. The molecule has 0 spiro atoms. The molecular formula is C18H33Cl. The Morgan fingerprint density at radius 1 is 0.632 bits per heavy atom. The third-order valence-electron chi connectivity index (χ3n) is 3.36. The van der Waals surface area contributed by atoms with Crippen LogP contribution in [0.2, 0.25) is 0 Å². The Hall–Kier alpha value is -0.230. The number of rotatable bonds is 14. The highest BCUT2D eigenvalue weighted by Crippen LogP contribution is 2.08. The van der Waals surface area contributed by atoms with E-state index in [1.54, 1.807) is 0 Å². The molecule has 0 rings (SSSR count). The van der Waals surface area contributed by atoms with Gasteiger partial charge in [0.15, 0.2) is 0 Å². The lowest BCUT2D eigenvalue weighted by Crippen LogP contribution is -1.80. The molecule has 0 aromatic heterocycles. The number of unbranched alkanes of at least 4 members (excludes halogenated alkanes) is 10. The van der Waals surface area contributed by atoms with Crippen molar-refractivity contribution in [3.63, 3.8) is 0 Å². The van der Waals surface area contributed by atoms with Crippen LogP contribution in [0.25, 0.3) is 0 Å². The van der Waals surface area contributed by atoms with Crippen LogP contribution in [-0.4, -0.2) is 5.88 Å². The topological polar surface area (TPSA) is 0 Å².